The van der Waals surface area contributed by atoms with Gasteiger partial charge in [-0.15, -0.1) is 0 Å². The predicted octanol–water partition coefficient (Wildman–Crippen LogP) is 4.19. The van der Waals surface area contributed by atoms with Crippen molar-refractivity contribution in [3.05, 3.63) is 35.8 Å². The van der Waals surface area contributed by atoms with Crippen LogP contribution >= 0.6 is 0 Å². The SMILES string of the molecule is CCC(C#N)c1cnc(-c2nc3cc(C(F)(F)F)ncc3n2C)c(S(=O)CC)c1. The molecule has 6 nitrogen and oxygen atoms in total. The highest BCUT2D eigenvalue weighted by molar-refractivity contribution is 7.85. The van der Waals surface area contributed by atoms with Crippen molar-refractivity contribution in [1.82, 2.24) is 19.5 Å². The largest absolute Gasteiger partial charge is 0.433 e. The Morgan fingerprint density at radius 1 is 1.24 bits per heavy atom. The summed E-state index contributed by atoms with van der Waals surface area (Å²) < 4.78 is 53.2. The monoisotopic (exact) mass is 421 g/mol. The van der Waals surface area contributed by atoms with Crippen LogP contribution in [0.15, 0.2) is 29.4 Å². The molecule has 10 heteroatoms. The number of aryl methyl sites for hydroxylation is 1. The first kappa shape index (κ1) is 20.9. The minimum absolute atomic E-state index is 0.118. The van der Waals surface area contributed by atoms with Crippen molar-refractivity contribution in [2.45, 2.75) is 37.3 Å². The van der Waals surface area contributed by atoms with Crippen molar-refractivity contribution in [3.8, 4) is 17.6 Å². The molecule has 2 unspecified atom stereocenters. The number of rotatable bonds is 5. The highest BCUT2D eigenvalue weighted by Gasteiger charge is 2.33. The second kappa shape index (κ2) is 7.91. The molecule has 0 amide bonds. The molecule has 29 heavy (non-hydrogen) atoms. The van der Waals surface area contributed by atoms with Gasteiger partial charge in [0.05, 0.1) is 44.9 Å². The van der Waals surface area contributed by atoms with E-state index in [-0.39, 0.29) is 17.3 Å². The smallest absolute Gasteiger partial charge is 0.325 e. The lowest BCUT2D eigenvalue weighted by Crippen LogP contribution is -2.07. The second-order valence-electron chi connectivity index (χ2n) is 6.39. The Kier molecular flexibility index (Phi) is 5.71. The Bertz CT molecular complexity index is 1130. The number of nitrogens with zero attached hydrogens (tertiary/aromatic N) is 5. The molecule has 0 N–H and O–H groups in total. The Balaban J connectivity index is 2.21. The van der Waals surface area contributed by atoms with Crippen LogP contribution in [0.5, 0.6) is 0 Å². The highest BCUT2D eigenvalue weighted by atomic mass is 32.2. The summed E-state index contributed by atoms with van der Waals surface area (Å²) in [6, 6.07) is 4.75. The molecule has 0 spiro atoms. The molecule has 0 aliphatic carbocycles. The molecule has 3 aromatic heterocycles. The van der Waals surface area contributed by atoms with Crippen molar-refractivity contribution < 1.29 is 17.4 Å². The fraction of sp³-hybridized carbons (Fsp3) is 0.368. The third-order valence-electron chi connectivity index (χ3n) is 4.62. The number of halogens is 3. The van der Waals surface area contributed by atoms with Gasteiger partial charge in [0.1, 0.15) is 11.4 Å². The molecular formula is C19H18F3N5OS. The van der Waals surface area contributed by atoms with Gasteiger partial charge in [-0.1, -0.05) is 13.8 Å². The zero-order valence-electron chi connectivity index (χ0n) is 16.0. The van der Waals surface area contributed by atoms with Gasteiger partial charge in [-0.3, -0.25) is 9.19 Å². The van der Waals surface area contributed by atoms with Crippen LogP contribution in [0.25, 0.3) is 22.6 Å². The van der Waals surface area contributed by atoms with Gasteiger partial charge in [0.2, 0.25) is 0 Å². The van der Waals surface area contributed by atoms with E-state index in [9.17, 15) is 22.6 Å². The first-order valence-electron chi connectivity index (χ1n) is 8.89. The van der Waals surface area contributed by atoms with E-state index < -0.39 is 22.7 Å². The fourth-order valence-electron chi connectivity index (χ4n) is 3.00. The lowest BCUT2D eigenvalue weighted by Gasteiger charge is -2.12. The van der Waals surface area contributed by atoms with Gasteiger partial charge < -0.3 is 4.57 Å². The van der Waals surface area contributed by atoms with Crippen molar-refractivity contribution in [2.24, 2.45) is 7.05 Å². The summed E-state index contributed by atoms with van der Waals surface area (Å²) >= 11 is 0. The van der Waals surface area contributed by atoms with Crippen LogP contribution in [0.1, 0.15) is 37.4 Å². The van der Waals surface area contributed by atoms with E-state index in [0.29, 0.717) is 33.8 Å². The zero-order valence-corrected chi connectivity index (χ0v) is 16.8. The zero-order chi connectivity index (χ0) is 21.3. The van der Waals surface area contributed by atoms with Crippen LogP contribution in [-0.2, 0) is 24.0 Å². The van der Waals surface area contributed by atoms with Gasteiger partial charge >= 0.3 is 6.18 Å². The first-order valence-corrected chi connectivity index (χ1v) is 10.2. The lowest BCUT2D eigenvalue weighted by molar-refractivity contribution is -0.141. The molecule has 0 saturated carbocycles. The van der Waals surface area contributed by atoms with E-state index in [1.54, 1.807) is 24.6 Å². The third-order valence-corrected chi connectivity index (χ3v) is 5.94. The molecular weight excluding hydrogens is 403 g/mol. The minimum atomic E-state index is -4.58. The molecule has 3 rings (SSSR count). The normalized spacial score (nSPS) is 14.0. The van der Waals surface area contributed by atoms with Gasteiger partial charge in [0.25, 0.3) is 0 Å². The number of alkyl halides is 3. The standard InChI is InChI=1S/C19H18F3N5OS/c1-4-11(8-23)12-6-15(29(28)5-2)17(25-9-12)18-26-13-7-16(19(20,21)22)24-10-14(13)27(18)3/h6-7,9-11H,4-5H2,1-3H3. The molecule has 152 valence electrons. The first-order chi connectivity index (χ1) is 13.7. The molecule has 0 aromatic carbocycles. The predicted molar refractivity (Wildman–Crippen MR) is 102 cm³/mol. The number of hydrogen-bond donors (Lipinski definition) is 0. The van der Waals surface area contributed by atoms with Crippen molar-refractivity contribution in [3.63, 3.8) is 0 Å². The molecule has 3 heterocycles. The number of imidazole rings is 1. The highest BCUT2D eigenvalue weighted by Crippen LogP contribution is 2.32. The fourth-order valence-corrected chi connectivity index (χ4v) is 3.94. The summed E-state index contributed by atoms with van der Waals surface area (Å²) in [6.45, 7) is 3.62. The van der Waals surface area contributed by atoms with Crippen LogP contribution in [-0.4, -0.2) is 29.5 Å². The van der Waals surface area contributed by atoms with Gasteiger partial charge in [-0.25, -0.2) is 9.97 Å². The minimum Gasteiger partial charge on any atom is -0.325 e. The summed E-state index contributed by atoms with van der Waals surface area (Å²) in [5, 5.41) is 9.31. The van der Waals surface area contributed by atoms with E-state index in [4.69, 9.17) is 0 Å². The molecule has 0 saturated heterocycles. The average molecular weight is 421 g/mol. The van der Waals surface area contributed by atoms with E-state index in [2.05, 4.69) is 21.0 Å². The van der Waals surface area contributed by atoms with E-state index in [1.165, 1.54) is 6.20 Å². The number of pyridine rings is 2. The Morgan fingerprint density at radius 3 is 2.55 bits per heavy atom. The Labute approximate surface area is 167 Å². The topological polar surface area (TPSA) is 84.5 Å². The summed E-state index contributed by atoms with van der Waals surface area (Å²) in [7, 11) is 0.234. The van der Waals surface area contributed by atoms with E-state index in [1.807, 2.05) is 6.92 Å². The van der Waals surface area contributed by atoms with Crippen LogP contribution in [0, 0.1) is 11.3 Å². The summed E-state index contributed by atoms with van der Waals surface area (Å²) in [5.41, 5.74) is 0.447. The molecule has 0 aliphatic heterocycles. The lowest BCUT2D eigenvalue weighted by atomic mass is 10.00. The maximum absolute atomic E-state index is 13.0. The van der Waals surface area contributed by atoms with Crippen LogP contribution in [0.4, 0.5) is 13.2 Å². The van der Waals surface area contributed by atoms with Gasteiger partial charge in [0.15, 0.2) is 5.82 Å². The van der Waals surface area contributed by atoms with Crippen molar-refractivity contribution in [1.29, 1.82) is 5.26 Å². The van der Waals surface area contributed by atoms with Gasteiger partial charge in [0, 0.05) is 19.0 Å². The second-order valence-corrected chi connectivity index (χ2v) is 8.10. The van der Waals surface area contributed by atoms with Gasteiger partial charge in [-0.2, -0.15) is 18.4 Å². The number of fused-ring (bicyclic) bond motifs is 1. The van der Waals surface area contributed by atoms with Gasteiger partial charge in [-0.05, 0) is 24.1 Å². The van der Waals surface area contributed by atoms with Crippen LogP contribution in [0.3, 0.4) is 0 Å². The summed E-state index contributed by atoms with van der Waals surface area (Å²) in [6.07, 6.45) is -1.36. The number of hydrogen-bond acceptors (Lipinski definition) is 5. The quantitative estimate of drug-likeness (QED) is 0.617. The third kappa shape index (κ3) is 3.87. The van der Waals surface area contributed by atoms with Crippen molar-refractivity contribution >= 4 is 21.8 Å². The maximum Gasteiger partial charge on any atom is 0.433 e. The summed E-state index contributed by atoms with van der Waals surface area (Å²) in [4.78, 5) is 12.6. The molecule has 0 bridgehead atoms. The van der Waals surface area contributed by atoms with Crippen molar-refractivity contribution in [2.75, 3.05) is 5.75 Å². The molecule has 0 aliphatic rings. The summed E-state index contributed by atoms with van der Waals surface area (Å²) in [5.74, 6) is 0.225. The Morgan fingerprint density at radius 2 is 1.97 bits per heavy atom. The maximum atomic E-state index is 13.0. The molecule has 2 atom stereocenters. The van der Waals surface area contributed by atoms with E-state index in [0.717, 1.165) is 12.3 Å². The van der Waals surface area contributed by atoms with E-state index >= 15 is 0 Å². The molecule has 0 fully saturated rings. The number of nitriles is 1. The average Bonchev–Trinajstić information content (AvgIpc) is 3.03. The number of aromatic nitrogens is 4. The Hall–Kier alpha value is -2.80. The van der Waals surface area contributed by atoms with Crippen LogP contribution in [0.2, 0.25) is 0 Å². The molecule has 0 radical (unpaired) electrons. The van der Waals surface area contributed by atoms with Crippen LogP contribution < -0.4 is 0 Å². The molecule has 3 aromatic rings.